The Hall–Kier alpha value is -2.53. The molecular weight excluding hydrogens is 296 g/mol. The van der Waals surface area contributed by atoms with E-state index in [0.29, 0.717) is 16.9 Å². The molecule has 0 aliphatic rings. The van der Waals surface area contributed by atoms with Gasteiger partial charge >= 0.3 is 0 Å². The zero-order valence-corrected chi connectivity index (χ0v) is 12.4. The first kappa shape index (κ1) is 13.2. The van der Waals surface area contributed by atoms with E-state index in [1.165, 1.54) is 28.1 Å². The largest absolute Gasteiger partial charge is 0.459 e. The van der Waals surface area contributed by atoms with E-state index in [0.717, 1.165) is 5.75 Å². The number of furan rings is 1. The van der Waals surface area contributed by atoms with Gasteiger partial charge in [0.1, 0.15) is 0 Å². The molecule has 2 heterocycles. The summed E-state index contributed by atoms with van der Waals surface area (Å²) in [6, 6.07) is 18.3. The fraction of sp³-hybridized carbons (Fsp3) is 0.0588. The standard InChI is InChI=1S/C17H12N2O2S/c1-2-8-14-12(5-1)6-3-7-13(14)11-22-17-19-18-16(21-17)15-9-4-10-20-15/h1-10H,11H2. The summed E-state index contributed by atoms with van der Waals surface area (Å²) in [6.45, 7) is 0. The second-order valence-corrected chi connectivity index (χ2v) is 5.70. The van der Waals surface area contributed by atoms with Crippen LogP contribution in [-0.4, -0.2) is 10.2 Å². The molecule has 0 bridgehead atoms. The molecule has 108 valence electrons. The molecule has 4 nitrogen and oxygen atoms in total. The van der Waals surface area contributed by atoms with Crippen LogP contribution in [0.1, 0.15) is 5.56 Å². The summed E-state index contributed by atoms with van der Waals surface area (Å²) in [5.74, 6) is 1.77. The van der Waals surface area contributed by atoms with E-state index in [9.17, 15) is 0 Å². The van der Waals surface area contributed by atoms with Gasteiger partial charge in [-0.15, -0.1) is 10.2 Å². The maximum Gasteiger partial charge on any atom is 0.284 e. The van der Waals surface area contributed by atoms with Crippen molar-refractivity contribution in [2.45, 2.75) is 11.0 Å². The van der Waals surface area contributed by atoms with Crippen molar-refractivity contribution in [3.8, 4) is 11.7 Å². The Morgan fingerprint density at radius 1 is 0.909 bits per heavy atom. The van der Waals surface area contributed by atoms with Crippen molar-refractivity contribution in [1.29, 1.82) is 0 Å². The van der Waals surface area contributed by atoms with Gasteiger partial charge in [0.15, 0.2) is 5.76 Å². The molecule has 0 N–H and O–H groups in total. The van der Waals surface area contributed by atoms with Crippen LogP contribution in [0.15, 0.2) is 74.9 Å². The summed E-state index contributed by atoms with van der Waals surface area (Å²) in [5, 5.41) is 11.1. The number of thioether (sulfide) groups is 1. The highest BCUT2D eigenvalue weighted by atomic mass is 32.2. The monoisotopic (exact) mass is 308 g/mol. The van der Waals surface area contributed by atoms with E-state index >= 15 is 0 Å². The Morgan fingerprint density at radius 3 is 2.73 bits per heavy atom. The van der Waals surface area contributed by atoms with E-state index in [1.807, 2.05) is 6.07 Å². The van der Waals surface area contributed by atoms with Crippen LogP contribution in [0.3, 0.4) is 0 Å². The SMILES string of the molecule is c1coc(-c2nnc(SCc3cccc4ccccc34)o2)c1. The topological polar surface area (TPSA) is 52.1 Å². The fourth-order valence-corrected chi connectivity index (χ4v) is 3.09. The third-order valence-corrected chi connectivity index (χ3v) is 4.24. The number of aromatic nitrogens is 2. The van der Waals surface area contributed by atoms with Crippen molar-refractivity contribution in [3.63, 3.8) is 0 Å². The molecule has 0 unspecified atom stereocenters. The predicted molar refractivity (Wildman–Crippen MR) is 85.5 cm³/mol. The van der Waals surface area contributed by atoms with Crippen LogP contribution in [0, 0.1) is 0 Å². The van der Waals surface area contributed by atoms with Crippen molar-refractivity contribution in [3.05, 3.63) is 66.4 Å². The van der Waals surface area contributed by atoms with Crippen molar-refractivity contribution in [2.24, 2.45) is 0 Å². The van der Waals surface area contributed by atoms with Gasteiger partial charge in [-0.25, -0.2) is 0 Å². The van der Waals surface area contributed by atoms with E-state index in [-0.39, 0.29) is 0 Å². The maximum atomic E-state index is 5.61. The molecule has 4 aromatic rings. The molecule has 0 aliphatic carbocycles. The number of fused-ring (bicyclic) bond motifs is 1. The number of hydrogen-bond donors (Lipinski definition) is 0. The zero-order valence-electron chi connectivity index (χ0n) is 11.6. The Bertz CT molecular complexity index is 895. The number of benzene rings is 2. The molecule has 2 aromatic carbocycles. The first-order valence-corrected chi connectivity index (χ1v) is 7.85. The lowest BCUT2D eigenvalue weighted by molar-refractivity contribution is 0.447. The molecule has 0 aliphatic heterocycles. The number of hydrogen-bond acceptors (Lipinski definition) is 5. The lowest BCUT2D eigenvalue weighted by Crippen LogP contribution is -1.84. The summed E-state index contributed by atoms with van der Waals surface area (Å²) in [4.78, 5) is 0. The first-order chi connectivity index (χ1) is 10.9. The summed E-state index contributed by atoms with van der Waals surface area (Å²) in [5.41, 5.74) is 1.25. The van der Waals surface area contributed by atoms with Gasteiger partial charge in [0.25, 0.3) is 11.1 Å². The van der Waals surface area contributed by atoms with Crippen molar-refractivity contribution >= 4 is 22.5 Å². The Kier molecular flexibility index (Phi) is 3.40. The highest BCUT2D eigenvalue weighted by Gasteiger charge is 2.11. The molecule has 0 spiro atoms. The van der Waals surface area contributed by atoms with Crippen LogP contribution in [0.4, 0.5) is 0 Å². The quantitative estimate of drug-likeness (QED) is 0.508. The van der Waals surface area contributed by atoms with Gasteiger partial charge in [-0.1, -0.05) is 54.2 Å². The number of rotatable bonds is 4. The van der Waals surface area contributed by atoms with E-state index < -0.39 is 0 Å². The lowest BCUT2D eigenvalue weighted by atomic mass is 10.1. The highest BCUT2D eigenvalue weighted by molar-refractivity contribution is 7.98. The Morgan fingerprint density at radius 2 is 1.82 bits per heavy atom. The lowest BCUT2D eigenvalue weighted by Gasteiger charge is -2.04. The first-order valence-electron chi connectivity index (χ1n) is 6.87. The average Bonchev–Trinajstić information content (AvgIpc) is 3.24. The van der Waals surface area contributed by atoms with Crippen molar-refractivity contribution in [1.82, 2.24) is 10.2 Å². The van der Waals surface area contributed by atoms with Gasteiger partial charge in [-0.3, -0.25) is 0 Å². The molecule has 0 saturated heterocycles. The summed E-state index contributed by atoms with van der Waals surface area (Å²) in [7, 11) is 0. The normalized spacial score (nSPS) is 11.1. The zero-order chi connectivity index (χ0) is 14.8. The molecule has 0 radical (unpaired) electrons. The van der Waals surface area contributed by atoms with E-state index in [1.54, 1.807) is 18.4 Å². The molecule has 0 amide bonds. The molecule has 5 heteroatoms. The Balaban J connectivity index is 1.55. The van der Waals surface area contributed by atoms with Crippen LogP contribution in [0.25, 0.3) is 22.4 Å². The van der Waals surface area contributed by atoms with E-state index in [2.05, 4.69) is 46.6 Å². The smallest absolute Gasteiger partial charge is 0.284 e. The molecule has 4 rings (SSSR count). The van der Waals surface area contributed by atoms with Crippen LogP contribution < -0.4 is 0 Å². The summed E-state index contributed by atoms with van der Waals surface area (Å²) < 4.78 is 10.9. The number of nitrogens with zero attached hydrogens (tertiary/aromatic N) is 2. The van der Waals surface area contributed by atoms with E-state index in [4.69, 9.17) is 8.83 Å². The van der Waals surface area contributed by atoms with Gasteiger partial charge in [0.05, 0.1) is 6.26 Å². The minimum atomic E-state index is 0.408. The van der Waals surface area contributed by atoms with Crippen LogP contribution in [0.2, 0.25) is 0 Å². The average molecular weight is 308 g/mol. The molecule has 22 heavy (non-hydrogen) atoms. The molecule has 0 atom stereocenters. The molecular formula is C17H12N2O2S. The minimum Gasteiger partial charge on any atom is -0.459 e. The van der Waals surface area contributed by atoms with Gasteiger partial charge in [0, 0.05) is 5.75 Å². The Labute approximate surface area is 131 Å². The predicted octanol–water partition coefficient (Wildman–Crippen LogP) is 4.78. The minimum absolute atomic E-state index is 0.408. The molecule has 0 saturated carbocycles. The highest BCUT2D eigenvalue weighted by Crippen LogP contribution is 2.28. The summed E-state index contributed by atoms with van der Waals surface area (Å²) in [6.07, 6.45) is 1.59. The van der Waals surface area contributed by atoms with Gasteiger partial charge in [0.2, 0.25) is 0 Å². The third kappa shape index (κ3) is 2.51. The van der Waals surface area contributed by atoms with Crippen molar-refractivity contribution in [2.75, 3.05) is 0 Å². The van der Waals surface area contributed by atoms with Crippen LogP contribution >= 0.6 is 11.8 Å². The summed E-state index contributed by atoms with van der Waals surface area (Å²) >= 11 is 1.52. The molecule has 2 aromatic heterocycles. The van der Waals surface area contributed by atoms with Crippen LogP contribution in [-0.2, 0) is 5.75 Å². The van der Waals surface area contributed by atoms with Crippen LogP contribution in [0.5, 0.6) is 0 Å². The fourth-order valence-electron chi connectivity index (χ4n) is 2.33. The van der Waals surface area contributed by atoms with Crippen molar-refractivity contribution < 1.29 is 8.83 Å². The second-order valence-electron chi connectivity index (χ2n) is 4.78. The maximum absolute atomic E-state index is 5.61. The third-order valence-electron chi connectivity index (χ3n) is 3.37. The van der Waals surface area contributed by atoms with Gasteiger partial charge in [-0.05, 0) is 28.5 Å². The van der Waals surface area contributed by atoms with Gasteiger partial charge < -0.3 is 8.83 Å². The van der Waals surface area contributed by atoms with Gasteiger partial charge in [-0.2, -0.15) is 0 Å². The second kappa shape index (κ2) is 5.69. The molecule has 0 fully saturated rings.